The van der Waals surface area contributed by atoms with Gasteiger partial charge < -0.3 is 5.73 Å². The third-order valence-electron chi connectivity index (χ3n) is 2.83. The summed E-state index contributed by atoms with van der Waals surface area (Å²) in [5.41, 5.74) is 5.96. The van der Waals surface area contributed by atoms with E-state index < -0.39 is 0 Å². The normalized spacial score (nSPS) is 23.2. The van der Waals surface area contributed by atoms with Crippen LogP contribution in [0.2, 0.25) is 0 Å². The molecule has 0 spiro atoms. The first-order chi connectivity index (χ1) is 7.28. The Kier molecular flexibility index (Phi) is 3.72. The van der Waals surface area contributed by atoms with E-state index in [9.17, 15) is 0 Å². The van der Waals surface area contributed by atoms with Gasteiger partial charge in [0.15, 0.2) is 0 Å². The Hall–Kier alpha value is -0.450. The number of nitrogens with two attached hydrogens (primary N) is 1. The van der Waals surface area contributed by atoms with Crippen molar-refractivity contribution in [2.75, 3.05) is 13.1 Å². The number of rotatable bonds is 3. The Morgan fingerprint density at radius 3 is 3.20 bits per heavy atom. The lowest BCUT2D eigenvalue weighted by atomic mass is 10.1. The van der Waals surface area contributed by atoms with E-state index >= 15 is 0 Å². The van der Waals surface area contributed by atoms with Crippen LogP contribution in [0.4, 0.5) is 0 Å². The van der Waals surface area contributed by atoms with Gasteiger partial charge in [-0.1, -0.05) is 6.92 Å². The van der Waals surface area contributed by atoms with E-state index in [4.69, 9.17) is 5.73 Å². The number of hydrogen-bond donors (Lipinski definition) is 1. The molecule has 1 aromatic heterocycles. The van der Waals surface area contributed by atoms with E-state index in [2.05, 4.69) is 16.8 Å². The standard InChI is InChI=1S/C11H19N3S/c1-2-11-13-6-10(15-11)8-14-5-3-4-9(12)7-14/h6,9H,2-5,7-8,12H2,1H3. The number of hydrogen-bond acceptors (Lipinski definition) is 4. The molecule has 84 valence electrons. The fourth-order valence-corrected chi connectivity index (χ4v) is 2.94. The highest BCUT2D eigenvalue weighted by Crippen LogP contribution is 2.18. The van der Waals surface area contributed by atoms with Crippen molar-refractivity contribution in [1.82, 2.24) is 9.88 Å². The fourth-order valence-electron chi connectivity index (χ4n) is 2.04. The summed E-state index contributed by atoms with van der Waals surface area (Å²) < 4.78 is 0. The summed E-state index contributed by atoms with van der Waals surface area (Å²) in [6.45, 7) is 5.41. The van der Waals surface area contributed by atoms with Gasteiger partial charge in [0.25, 0.3) is 0 Å². The van der Waals surface area contributed by atoms with Crippen molar-refractivity contribution in [3.05, 3.63) is 16.1 Å². The number of nitrogens with zero attached hydrogens (tertiary/aromatic N) is 2. The lowest BCUT2D eigenvalue weighted by Gasteiger charge is -2.29. The van der Waals surface area contributed by atoms with Crippen molar-refractivity contribution in [2.45, 2.75) is 38.8 Å². The number of aryl methyl sites for hydroxylation is 1. The van der Waals surface area contributed by atoms with Gasteiger partial charge in [0.05, 0.1) is 5.01 Å². The summed E-state index contributed by atoms with van der Waals surface area (Å²) >= 11 is 1.83. The van der Waals surface area contributed by atoms with Crippen LogP contribution in [0.15, 0.2) is 6.20 Å². The van der Waals surface area contributed by atoms with Crippen LogP contribution in [-0.4, -0.2) is 29.0 Å². The van der Waals surface area contributed by atoms with Gasteiger partial charge in [-0.3, -0.25) is 4.90 Å². The topological polar surface area (TPSA) is 42.2 Å². The zero-order chi connectivity index (χ0) is 10.7. The molecule has 15 heavy (non-hydrogen) atoms. The van der Waals surface area contributed by atoms with Crippen LogP contribution >= 0.6 is 11.3 Å². The van der Waals surface area contributed by atoms with Gasteiger partial charge in [0.1, 0.15) is 0 Å². The minimum Gasteiger partial charge on any atom is -0.327 e. The molecule has 0 amide bonds. The second-order valence-corrected chi connectivity index (χ2v) is 5.41. The lowest BCUT2D eigenvalue weighted by molar-refractivity contribution is 0.203. The van der Waals surface area contributed by atoms with E-state index in [-0.39, 0.29) is 0 Å². The molecular weight excluding hydrogens is 206 g/mol. The van der Waals surface area contributed by atoms with Crippen molar-refractivity contribution in [1.29, 1.82) is 0 Å². The highest BCUT2D eigenvalue weighted by molar-refractivity contribution is 7.11. The molecule has 1 fully saturated rings. The van der Waals surface area contributed by atoms with Gasteiger partial charge in [0.2, 0.25) is 0 Å². The van der Waals surface area contributed by atoms with Gasteiger partial charge in [-0.25, -0.2) is 4.98 Å². The van der Waals surface area contributed by atoms with E-state index in [0.29, 0.717) is 6.04 Å². The Labute approximate surface area is 95.3 Å². The molecule has 0 aliphatic carbocycles. The maximum Gasteiger partial charge on any atom is 0.0925 e. The molecule has 1 aliphatic rings. The van der Waals surface area contributed by atoms with E-state index in [1.165, 1.54) is 29.3 Å². The Balaban J connectivity index is 1.90. The lowest BCUT2D eigenvalue weighted by Crippen LogP contribution is -2.42. The molecule has 0 aromatic carbocycles. The molecule has 0 radical (unpaired) electrons. The Bertz CT molecular complexity index is 311. The molecule has 0 bridgehead atoms. The molecule has 2 N–H and O–H groups in total. The summed E-state index contributed by atoms with van der Waals surface area (Å²) in [6, 6.07) is 0.373. The average molecular weight is 225 g/mol. The van der Waals surface area contributed by atoms with Crippen molar-refractivity contribution < 1.29 is 0 Å². The molecule has 1 aromatic rings. The predicted octanol–water partition coefficient (Wildman–Crippen LogP) is 1.63. The van der Waals surface area contributed by atoms with Crippen LogP contribution in [-0.2, 0) is 13.0 Å². The number of piperidine rings is 1. The van der Waals surface area contributed by atoms with Crippen molar-refractivity contribution in [3.63, 3.8) is 0 Å². The molecule has 1 unspecified atom stereocenters. The van der Waals surface area contributed by atoms with Crippen LogP contribution in [0.25, 0.3) is 0 Å². The van der Waals surface area contributed by atoms with E-state index in [0.717, 1.165) is 19.5 Å². The molecule has 3 nitrogen and oxygen atoms in total. The van der Waals surface area contributed by atoms with Crippen molar-refractivity contribution in [2.24, 2.45) is 5.73 Å². The first kappa shape index (κ1) is 11.0. The molecule has 2 rings (SSSR count). The molecular formula is C11H19N3S. The molecule has 0 saturated carbocycles. The van der Waals surface area contributed by atoms with Gasteiger partial charge in [-0.15, -0.1) is 11.3 Å². The first-order valence-corrected chi connectivity index (χ1v) is 6.51. The molecule has 4 heteroatoms. The van der Waals surface area contributed by atoms with Gasteiger partial charge in [-0.05, 0) is 25.8 Å². The summed E-state index contributed by atoms with van der Waals surface area (Å²) in [4.78, 5) is 8.20. The van der Waals surface area contributed by atoms with E-state index in [1.807, 2.05) is 17.5 Å². The zero-order valence-electron chi connectivity index (χ0n) is 9.28. The minimum absolute atomic E-state index is 0.373. The van der Waals surface area contributed by atoms with Crippen LogP contribution in [0.5, 0.6) is 0 Å². The van der Waals surface area contributed by atoms with Crippen LogP contribution < -0.4 is 5.73 Å². The van der Waals surface area contributed by atoms with Crippen molar-refractivity contribution >= 4 is 11.3 Å². The highest BCUT2D eigenvalue weighted by atomic mass is 32.1. The minimum atomic E-state index is 0.373. The summed E-state index contributed by atoms with van der Waals surface area (Å²) in [5, 5.41) is 1.24. The SMILES string of the molecule is CCc1ncc(CN2CCCC(N)C2)s1. The largest absolute Gasteiger partial charge is 0.327 e. The van der Waals surface area contributed by atoms with Crippen LogP contribution in [0, 0.1) is 0 Å². The average Bonchev–Trinajstić information content (AvgIpc) is 2.65. The monoisotopic (exact) mass is 225 g/mol. The number of aromatic nitrogens is 1. The van der Waals surface area contributed by atoms with Crippen molar-refractivity contribution in [3.8, 4) is 0 Å². The van der Waals surface area contributed by atoms with E-state index in [1.54, 1.807) is 0 Å². The second-order valence-electron chi connectivity index (χ2n) is 4.21. The Morgan fingerprint density at radius 2 is 2.53 bits per heavy atom. The summed E-state index contributed by atoms with van der Waals surface area (Å²) in [5.74, 6) is 0. The highest BCUT2D eigenvalue weighted by Gasteiger charge is 2.17. The molecule has 2 heterocycles. The fraction of sp³-hybridized carbons (Fsp3) is 0.727. The van der Waals surface area contributed by atoms with Crippen LogP contribution in [0.3, 0.4) is 0 Å². The third kappa shape index (κ3) is 3.00. The first-order valence-electron chi connectivity index (χ1n) is 5.69. The maximum atomic E-state index is 5.96. The van der Waals surface area contributed by atoms with Gasteiger partial charge in [-0.2, -0.15) is 0 Å². The number of likely N-dealkylation sites (tertiary alicyclic amines) is 1. The second kappa shape index (κ2) is 5.05. The summed E-state index contributed by atoms with van der Waals surface area (Å²) in [6.07, 6.45) is 5.48. The summed E-state index contributed by atoms with van der Waals surface area (Å²) in [7, 11) is 0. The van der Waals surface area contributed by atoms with Gasteiger partial charge >= 0.3 is 0 Å². The van der Waals surface area contributed by atoms with Crippen LogP contribution in [0.1, 0.15) is 29.7 Å². The number of thiazole rings is 1. The molecule has 1 saturated heterocycles. The third-order valence-corrected chi connectivity index (χ3v) is 3.95. The smallest absolute Gasteiger partial charge is 0.0925 e. The molecule has 1 aliphatic heterocycles. The predicted molar refractivity (Wildman–Crippen MR) is 64.0 cm³/mol. The molecule has 1 atom stereocenters. The van der Waals surface area contributed by atoms with Gasteiger partial charge in [0, 0.05) is 30.2 Å². The quantitative estimate of drug-likeness (QED) is 0.850. The zero-order valence-corrected chi connectivity index (χ0v) is 10.1. The Morgan fingerprint density at radius 1 is 1.67 bits per heavy atom. The maximum absolute atomic E-state index is 5.96.